The first-order chi connectivity index (χ1) is 9.38. The Hall–Kier alpha value is -0.660. The molecule has 2 fully saturated rings. The van der Waals surface area contributed by atoms with Gasteiger partial charge in [0, 0.05) is 11.7 Å². The van der Waals surface area contributed by atoms with Gasteiger partial charge in [0.2, 0.25) is 10.0 Å². The van der Waals surface area contributed by atoms with Crippen LogP contribution in [-0.4, -0.2) is 14.5 Å². The molecule has 0 saturated heterocycles. The molecule has 7 heteroatoms. The Morgan fingerprint density at radius 2 is 1.80 bits per heavy atom. The number of nitrogen functional groups attached to an aromatic ring is 1. The van der Waals surface area contributed by atoms with Crippen molar-refractivity contribution in [2.24, 2.45) is 11.8 Å². The quantitative estimate of drug-likeness (QED) is 0.790. The number of nitrogens with one attached hydrogen (secondary N) is 1. The monoisotopic (exact) mass is 362 g/mol. The summed E-state index contributed by atoms with van der Waals surface area (Å²) in [6.45, 7) is 0. The fourth-order valence-electron chi connectivity index (χ4n) is 2.51. The summed E-state index contributed by atoms with van der Waals surface area (Å²) in [5.41, 5.74) is 5.83. The molecule has 0 heterocycles. The lowest BCUT2D eigenvalue weighted by atomic mass is 10.1. The van der Waals surface area contributed by atoms with Crippen LogP contribution in [0.1, 0.15) is 25.7 Å². The molecular formula is C13H16BrFN2O2S. The van der Waals surface area contributed by atoms with E-state index in [1.165, 1.54) is 12.1 Å². The topological polar surface area (TPSA) is 72.2 Å². The van der Waals surface area contributed by atoms with Crippen molar-refractivity contribution >= 4 is 31.6 Å². The van der Waals surface area contributed by atoms with Gasteiger partial charge in [0.1, 0.15) is 4.90 Å². The number of benzene rings is 1. The average Bonchev–Trinajstić information content (AvgIpc) is 3.24. The first-order valence-electron chi connectivity index (χ1n) is 6.65. The molecule has 0 radical (unpaired) electrons. The average molecular weight is 363 g/mol. The van der Waals surface area contributed by atoms with Crippen LogP contribution in [0, 0.1) is 17.7 Å². The minimum Gasteiger partial charge on any atom is -0.399 e. The van der Waals surface area contributed by atoms with Gasteiger partial charge in [-0.3, -0.25) is 0 Å². The summed E-state index contributed by atoms with van der Waals surface area (Å²) >= 11 is 2.99. The van der Waals surface area contributed by atoms with E-state index in [2.05, 4.69) is 20.7 Å². The van der Waals surface area contributed by atoms with Crippen LogP contribution in [-0.2, 0) is 10.0 Å². The zero-order valence-corrected chi connectivity index (χ0v) is 13.2. The molecule has 1 aromatic carbocycles. The molecule has 0 unspecified atom stereocenters. The Morgan fingerprint density at radius 1 is 1.25 bits per heavy atom. The third kappa shape index (κ3) is 2.84. The lowest BCUT2D eigenvalue weighted by Gasteiger charge is -2.18. The number of anilines is 1. The maximum atomic E-state index is 14.0. The van der Waals surface area contributed by atoms with Crippen LogP contribution >= 0.6 is 15.9 Å². The number of sulfonamides is 1. The van der Waals surface area contributed by atoms with Crippen LogP contribution in [0.3, 0.4) is 0 Å². The third-order valence-electron chi connectivity index (χ3n) is 3.86. The van der Waals surface area contributed by atoms with E-state index < -0.39 is 15.8 Å². The van der Waals surface area contributed by atoms with Crippen LogP contribution in [0.15, 0.2) is 21.5 Å². The predicted octanol–water partition coefficient (Wildman–Crippen LogP) is 2.64. The molecule has 110 valence electrons. The van der Waals surface area contributed by atoms with Crippen molar-refractivity contribution in [2.45, 2.75) is 36.6 Å². The van der Waals surface area contributed by atoms with E-state index in [1.54, 1.807) is 0 Å². The molecule has 20 heavy (non-hydrogen) atoms. The molecule has 0 aliphatic heterocycles. The molecule has 3 rings (SSSR count). The highest BCUT2D eigenvalue weighted by Crippen LogP contribution is 2.45. The first kappa shape index (κ1) is 14.3. The first-order valence-corrected chi connectivity index (χ1v) is 8.93. The van der Waals surface area contributed by atoms with E-state index in [-0.39, 0.29) is 21.1 Å². The van der Waals surface area contributed by atoms with Gasteiger partial charge in [-0.25, -0.2) is 17.5 Å². The smallest absolute Gasteiger partial charge is 0.243 e. The molecule has 2 aliphatic carbocycles. The predicted molar refractivity (Wildman–Crippen MR) is 78.1 cm³/mol. The summed E-state index contributed by atoms with van der Waals surface area (Å²) in [6, 6.07) is 2.46. The molecule has 3 N–H and O–H groups in total. The number of rotatable bonds is 5. The highest BCUT2D eigenvalue weighted by atomic mass is 79.9. The third-order valence-corrected chi connectivity index (χ3v) is 5.89. The standard InChI is InChI=1S/C13H16BrFN2O2S/c14-10-5-9(16)6-11(12(10)15)20(18,19)17-13(7-1-2-7)8-3-4-8/h5-8,13,17H,1-4,16H2. The van der Waals surface area contributed by atoms with Gasteiger partial charge >= 0.3 is 0 Å². The van der Waals surface area contributed by atoms with Crippen molar-refractivity contribution in [3.05, 3.63) is 22.4 Å². The van der Waals surface area contributed by atoms with E-state index in [0.717, 1.165) is 25.7 Å². The van der Waals surface area contributed by atoms with E-state index in [9.17, 15) is 12.8 Å². The molecule has 1 aromatic rings. The number of nitrogens with two attached hydrogens (primary N) is 1. The number of hydrogen-bond acceptors (Lipinski definition) is 3. The van der Waals surface area contributed by atoms with E-state index in [0.29, 0.717) is 11.8 Å². The molecule has 2 saturated carbocycles. The normalized spacial score (nSPS) is 19.6. The van der Waals surface area contributed by atoms with E-state index in [1.807, 2.05) is 0 Å². The minimum atomic E-state index is -3.88. The van der Waals surface area contributed by atoms with Gasteiger partial charge in [-0.1, -0.05) is 0 Å². The van der Waals surface area contributed by atoms with Crippen molar-refractivity contribution in [1.29, 1.82) is 0 Å². The highest BCUT2D eigenvalue weighted by Gasteiger charge is 2.43. The highest BCUT2D eigenvalue weighted by molar-refractivity contribution is 9.10. The molecule has 2 aliphatic rings. The van der Waals surface area contributed by atoms with Crippen LogP contribution < -0.4 is 10.5 Å². The van der Waals surface area contributed by atoms with Gasteiger partial charge in [-0.05, 0) is 65.6 Å². The zero-order chi connectivity index (χ0) is 14.5. The second-order valence-corrected chi connectivity index (χ2v) is 8.17. The number of halogens is 2. The summed E-state index contributed by atoms with van der Waals surface area (Å²) in [5.74, 6) is 0.0201. The Kier molecular flexibility index (Phi) is 3.54. The van der Waals surface area contributed by atoms with Crippen LogP contribution in [0.5, 0.6) is 0 Å². The van der Waals surface area contributed by atoms with Gasteiger partial charge in [-0.15, -0.1) is 0 Å². The van der Waals surface area contributed by atoms with Crippen LogP contribution in [0.4, 0.5) is 10.1 Å². The van der Waals surface area contributed by atoms with Crippen molar-refractivity contribution < 1.29 is 12.8 Å². The van der Waals surface area contributed by atoms with Gasteiger partial charge < -0.3 is 5.73 Å². The molecule has 0 spiro atoms. The van der Waals surface area contributed by atoms with Gasteiger partial charge in [0.25, 0.3) is 0 Å². The molecular weight excluding hydrogens is 347 g/mol. The molecule has 0 amide bonds. The molecule has 4 nitrogen and oxygen atoms in total. The van der Waals surface area contributed by atoms with Gasteiger partial charge in [0.05, 0.1) is 4.47 Å². The Balaban J connectivity index is 1.91. The SMILES string of the molecule is Nc1cc(Br)c(F)c(S(=O)(=O)NC(C2CC2)C2CC2)c1. The Morgan fingerprint density at radius 3 is 2.30 bits per heavy atom. The second kappa shape index (κ2) is 4.96. The number of hydrogen-bond donors (Lipinski definition) is 2. The maximum absolute atomic E-state index is 14.0. The zero-order valence-electron chi connectivity index (χ0n) is 10.8. The fraction of sp³-hybridized carbons (Fsp3) is 0.538. The van der Waals surface area contributed by atoms with Crippen LogP contribution in [0.25, 0.3) is 0 Å². The van der Waals surface area contributed by atoms with Crippen molar-refractivity contribution in [1.82, 2.24) is 4.72 Å². The summed E-state index contributed by atoms with van der Waals surface area (Å²) in [5, 5.41) is 0. The Bertz CT molecular complexity index is 630. The Labute approximate surface area is 126 Å². The maximum Gasteiger partial charge on any atom is 0.243 e. The minimum absolute atomic E-state index is 0.0559. The van der Waals surface area contributed by atoms with Gasteiger partial charge in [-0.2, -0.15) is 0 Å². The summed E-state index contributed by atoms with van der Waals surface area (Å²) < 4.78 is 41.6. The summed E-state index contributed by atoms with van der Waals surface area (Å²) in [6.07, 6.45) is 4.19. The summed E-state index contributed by atoms with van der Waals surface area (Å²) in [7, 11) is -3.88. The molecule has 0 aromatic heterocycles. The lowest BCUT2D eigenvalue weighted by molar-refractivity contribution is 0.468. The second-order valence-electron chi connectivity index (χ2n) is 5.64. The van der Waals surface area contributed by atoms with Gasteiger partial charge in [0.15, 0.2) is 5.82 Å². The largest absolute Gasteiger partial charge is 0.399 e. The van der Waals surface area contributed by atoms with Crippen molar-refractivity contribution in [3.63, 3.8) is 0 Å². The van der Waals surface area contributed by atoms with E-state index in [4.69, 9.17) is 5.73 Å². The van der Waals surface area contributed by atoms with Crippen LogP contribution in [0.2, 0.25) is 0 Å². The summed E-state index contributed by atoms with van der Waals surface area (Å²) in [4.78, 5) is -0.379. The lowest BCUT2D eigenvalue weighted by Crippen LogP contribution is -2.38. The van der Waals surface area contributed by atoms with Crippen molar-refractivity contribution in [3.8, 4) is 0 Å². The molecule has 0 atom stereocenters. The van der Waals surface area contributed by atoms with Crippen molar-refractivity contribution in [2.75, 3.05) is 5.73 Å². The van der Waals surface area contributed by atoms with E-state index >= 15 is 0 Å². The molecule has 0 bridgehead atoms. The fourth-order valence-corrected chi connectivity index (χ4v) is 4.63.